The Morgan fingerprint density at radius 1 is 1.40 bits per heavy atom. The summed E-state index contributed by atoms with van der Waals surface area (Å²) in [6.07, 6.45) is 0. The first kappa shape index (κ1) is 10.0. The van der Waals surface area contributed by atoms with Gasteiger partial charge in [-0.1, -0.05) is 0 Å². The fourth-order valence-corrected chi connectivity index (χ4v) is 1.58. The number of nitrogens with two attached hydrogens (primary N) is 1. The summed E-state index contributed by atoms with van der Waals surface area (Å²) in [7, 11) is 1.60. The third kappa shape index (κ3) is 2.12. The van der Waals surface area contributed by atoms with Crippen molar-refractivity contribution in [2.45, 2.75) is 0 Å². The molecule has 2 N–H and O–H groups in total. The molecular formula is C10H15N3O2. The summed E-state index contributed by atoms with van der Waals surface area (Å²) in [6.45, 7) is 3.09. The fraction of sp³-hybridized carbons (Fsp3) is 0.500. The van der Waals surface area contributed by atoms with Gasteiger partial charge in [0.2, 0.25) is 5.88 Å². The molecule has 0 aliphatic carbocycles. The maximum atomic E-state index is 5.87. The lowest BCUT2D eigenvalue weighted by atomic mass is 10.3. The third-order valence-electron chi connectivity index (χ3n) is 2.40. The number of aromatic nitrogens is 1. The number of ether oxygens (including phenoxy) is 2. The molecule has 1 aliphatic rings. The molecule has 2 rings (SSSR count). The normalized spacial score (nSPS) is 16.5. The summed E-state index contributed by atoms with van der Waals surface area (Å²) in [5.41, 5.74) is 6.55. The molecule has 1 saturated heterocycles. The monoisotopic (exact) mass is 209 g/mol. The topological polar surface area (TPSA) is 60.6 Å². The lowest BCUT2D eigenvalue weighted by Gasteiger charge is -2.28. The molecule has 1 aromatic rings. The van der Waals surface area contributed by atoms with E-state index in [1.165, 1.54) is 0 Å². The Morgan fingerprint density at radius 2 is 2.13 bits per heavy atom. The second-order valence-corrected chi connectivity index (χ2v) is 3.37. The highest BCUT2D eigenvalue weighted by molar-refractivity contribution is 5.63. The minimum Gasteiger partial charge on any atom is -0.481 e. The van der Waals surface area contributed by atoms with Gasteiger partial charge in [-0.15, -0.1) is 0 Å². The van der Waals surface area contributed by atoms with Crippen molar-refractivity contribution >= 4 is 11.5 Å². The number of nitrogens with zero attached hydrogens (tertiary/aromatic N) is 2. The molecule has 1 fully saturated rings. The number of pyridine rings is 1. The van der Waals surface area contributed by atoms with Crippen LogP contribution in [-0.2, 0) is 4.74 Å². The number of morpholine rings is 1. The van der Waals surface area contributed by atoms with Crippen LogP contribution in [0.15, 0.2) is 12.1 Å². The van der Waals surface area contributed by atoms with E-state index in [0.717, 1.165) is 32.1 Å². The molecule has 0 aromatic carbocycles. The van der Waals surface area contributed by atoms with E-state index in [1.54, 1.807) is 13.2 Å². The third-order valence-corrected chi connectivity index (χ3v) is 2.40. The van der Waals surface area contributed by atoms with Crippen molar-refractivity contribution in [1.29, 1.82) is 0 Å². The molecule has 1 aromatic heterocycles. The number of hydrogen-bond donors (Lipinski definition) is 1. The largest absolute Gasteiger partial charge is 0.481 e. The second kappa shape index (κ2) is 4.35. The van der Waals surface area contributed by atoms with E-state index in [0.29, 0.717) is 11.6 Å². The van der Waals surface area contributed by atoms with Crippen molar-refractivity contribution in [1.82, 2.24) is 4.98 Å². The average Bonchev–Trinajstić information content (AvgIpc) is 2.31. The Kier molecular flexibility index (Phi) is 2.91. The van der Waals surface area contributed by atoms with Gasteiger partial charge in [-0.3, -0.25) is 0 Å². The van der Waals surface area contributed by atoms with Crippen molar-refractivity contribution < 1.29 is 9.47 Å². The molecule has 0 atom stereocenters. The van der Waals surface area contributed by atoms with Crippen LogP contribution >= 0.6 is 0 Å². The van der Waals surface area contributed by atoms with Crippen LogP contribution < -0.4 is 15.4 Å². The average molecular weight is 209 g/mol. The Bertz CT molecular complexity index is 337. The molecule has 0 amide bonds. The van der Waals surface area contributed by atoms with Crippen LogP contribution in [0, 0.1) is 0 Å². The molecule has 82 valence electrons. The first-order valence-electron chi connectivity index (χ1n) is 4.94. The first-order valence-corrected chi connectivity index (χ1v) is 4.94. The predicted octanol–water partition coefficient (Wildman–Crippen LogP) is 0.509. The van der Waals surface area contributed by atoms with Crippen molar-refractivity contribution in [2.75, 3.05) is 44.0 Å². The Labute approximate surface area is 88.8 Å². The lowest BCUT2D eigenvalue weighted by Crippen LogP contribution is -2.37. The smallest absolute Gasteiger partial charge is 0.215 e. The van der Waals surface area contributed by atoms with Gasteiger partial charge < -0.3 is 20.1 Å². The van der Waals surface area contributed by atoms with Gasteiger partial charge in [-0.2, -0.15) is 4.98 Å². The predicted molar refractivity (Wildman–Crippen MR) is 58.2 cm³/mol. The zero-order chi connectivity index (χ0) is 10.7. The molecule has 5 nitrogen and oxygen atoms in total. The van der Waals surface area contributed by atoms with Gasteiger partial charge >= 0.3 is 0 Å². The number of anilines is 2. The highest BCUT2D eigenvalue weighted by Crippen LogP contribution is 2.24. The van der Waals surface area contributed by atoms with Crippen LogP contribution in [0.5, 0.6) is 5.88 Å². The zero-order valence-electron chi connectivity index (χ0n) is 8.77. The quantitative estimate of drug-likeness (QED) is 0.769. The summed E-state index contributed by atoms with van der Waals surface area (Å²) >= 11 is 0. The van der Waals surface area contributed by atoms with Gasteiger partial charge in [0.1, 0.15) is 0 Å². The summed E-state index contributed by atoms with van der Waals surface area (Å²) in [5, 5.41) is 0. The van der Waals surface area contributed by atoms with Crippen LogP contribution in [0.3, 0.4) is 0 Å². The van der Waals surface area contributed by atoms with Gasteiger partial charge in [0.05, 0.1) is 26.0 Å². The molecule has 0 spiro atoms. The van der Waals surface area contributed by atoms with Gasteiger partial charge in [-0.05, 0) is 6.07 Å². The summed E-state index contributed by atoms with van der Waals surface area (Å²) in [5.74, 6) is 1.38. The number of nitrogen functional groups attached to an aromatic ring is 1. The molecule has 0 radical (unpaired) electrons. The molecule has 15 heavy (non-hydrogen) atoms. The summed E-state index contributed by atoms with van der Waals surface area (Å²) in [4.78, 5) is 6.45. The number of rotatable bonds is 2. The van der Waals surface area contributed by atoms with E-state index in [4.69, 9.17) is 15.2 Å². The van der Waals surface area contributed by atoms with E-state index >= 15 is 0 Å². The standard InChI is InChI=1S/C10H15N3O2/c1-14-9-3-2-8(11)10(12-9)13-4-6-15-7-5-13/h2-3H,4-7,11H2,1H3. The van der Waals surface area contributed by atoms with Crippen LogP contribution in [0.25, 0.3) is 0 Å². The van der Waals surface area contributed by atoms with Crippen LogP contribution in [0.2, 0.25) is 0 Å². The lowest BCUT2D eigenvalue weighted by molar-refractivity contribution is 0.122. The first-order chi connectivity index (χ1) is 7.31. The van der Waals surface area contributed by atoms with E-state index < -0.39 is 0 Å². The summed E-state index contributed by atoms with van der Waals surface area (Å²) in [6, 6.07) is 3.58. The highest BCUT2D eigenvalue weighted by Gasteiger charge is 2.15. The second-order valence-electron chi connectivity index (χ2n) is 3.37. The molecule has 1 aliphatic heterocycles. The van der Waals surface area contributed by atoms with Crippen molar-refractivity contribution in [3.05, 3.63) is 12.1 Å². The zero-order valence-corrected chi connectivity index (χ0v) is 8.77. The van der Waals surface area contributed by atoms with Crippen molar-refractivity contribution in [3.8, 4) is 5.88 Å². The maximum absolute atomic E-state index is 5.87. The highest BCUT2D eigenvalue weighted by atomic mass is 16.5. The molecule has 0 bridgehead atoms. The Hall–Kier alpha value is -1.49. The molecule has 5 heteroatoms. The van der Waals surface area contributed by atoms with Crippen LogP contribution in [0.4, 0.5) is 11.5 Å². The van der Waals surface area contributed by atoms with Crippen LogP contribution in [0.1, 0.15) is 0 Å². The van der Waals surface area contributed by atoms with Gasteiger partial charge in [0.25, 0.3) is 0 Å². The Balaban J connectivity index is 2.24. The number of hydrogen-bond acceptors (Lipinski definition) is 5. The SMILES string of the molecule is COc1ccc(N)c(N2CCOCC2)n1. The molecule has 0 saturated carbocycles. The van der Waals surface area contributed by atoms with Gasteiger partial charge in [-0.25, -0.2) is 0 Å². The van der Waals surface area contributed by atoms with E-state index in [1.807, 2.05) is 6.07 Å². The van der Waals surface area contributed by atoms with E-state index in [9.17, 15) is 0 Å². The van der Waals surface area contributed by atoms with Crippen molar-refractivity contribution in [3.63, 3.8) is 0 Å². The minimum absolute atomic E-state index is 0.589. The van der Waals surface area contributed by atoms with Gasteiger partial charge in [0, 0.05) is 19.2 Å². The minimum atomic E-state index is 0.589. The van der Waals surface area contributed by atoms with E-state index in [-0.39, 0.29) is 0 Å². The van der Waals surface area contributed by atoms with Crippen LogP contribution in [-0.4, -0.2) is 38.4 Å². The maximum Gasteiger partial charge on any atom is 0.215 e. The molecular weight excluding hydrogens is 194 g/mol. The van der Waals surface area contributed by atoms with E-state index in [2.05, 4.69) is 9.88 Å². The molecule has 0 unspecified atom stereocenters. The van der Waals surface area contributed by atoms with Crippen molar-refractivity contribution in [2.24, 2.45) is 0 Å². The number of methoxy groups -OCH3 is 1. The Morgan fingerprint density at radius 3 is 2.80 bits per heavy atom. The summed E-state index contributed by atoms with van der Waals surface area (Å²) < 4.78 is 10.4. The molecule has 2 heterocycles. The van der Waals surface area contributed by atoms with Gasteiger partial charge in [0.15, 0.2) is 5.82 Å². The fourth-order valence-electron chi connectivity index (χ4n) is 1.58.